The molecule has 0 saturated heterocycles. The van der Waals surface area contributed by atoms with E-state index < -0.39 is 5.41 Å². The van der Waals surface area contributed by atoms with Gasteiger partial charge in [0, 0.05) is 0 Å². The summed E-state index contributed by atoms with van der Waals surface area (Å²) < 4.78 is 0. The van der Waals surface area contributed by atoms with E-state index in [4.69, 9.17) is 0 Å². The predicted molar refractivity (Wildman–Crippen MR) is 134 cm³/mol. The molecule has 0 atom stereocenters. The van der Waals surface area contributed by atoms with Crippen molar-refractivity contribution >= 4 is 11.1 Å². The number of rotatable bonds is 6. The van der Waals surface area contributed by atoms with Crippen molar-refractivity contribution in [2.24, 2.45) is 5.41 Å². The van der Waals surface area contributed by atoms with E-state index in [1.54, 1.807) is 12.2 Å². The fraction of sp³-hybridized carbons (Fsp3) is 0.0323. The molecule has 2 heteroatoms. The number of allylic oxidation sites excluding steroid dienone is 2. The van der Waals surface area contributed by atoms with Gasteiger partial charge in [-0.05, 0) is 45.6 Å². The zero-order valence-corrected chi connectivity index (χ0v) is 18.1. The molecule has 0 spiro atoms. The van der Waals surface area contributed by atoms with Crippen LogP contribution in [0.1, 0.15) is 22.3 Å². The molecule has 33 heavy (non-hydrogen) atoms. The van der Waals surface area contributed by atoms with E-state index in [9.17, 15) is 10.5 Å². The monoisotopic (exact) mass is 422 g/mol. The highest BCUT2D eigenvalue weighted by Crippen LogP contribution is 2.35. The van der Waals surface area contributed by atoms with Gasteiger partial charge in [0.15, 0.2) is 5.41 Å². The molecule has 0 aliphatic carbocycles. The van der Waals surface area contributed by atoms with E-state index in [-0.39, 0.29) is 0 Å². The Bertz CT molecular complexity index is 1150. The molecule has 0 radical (unpaired) electrons. The second-order valence-electron chi connectivity index (χ2n) is 7.67. The van der Waals surface area contributed by atoms with Crippen LogP contribution in [0.25, 0.3) is 11.1 Å². The molecule has 2 nitrogen and oxygen atoms in total. The highest BCUT2D eigenvalue weighted by atomic mass is 14.4. The Hall–Kier alpha value is -4.66. The molecule has 0 amide bonds. The molecule has 4 rings (SSSR count). The van der Waals surface area contributed by atoms with Crippen LogP contribution in [0.2, 0.25) is 0 Å². The van der Waals surface area contributed by atoms with E-state index in [0.717, 1.165) is 33.4 Å². The average molecular weight is 423 g/mol. The smallest absolute Gasteiger partial charge is 0.181 e. The Kier molecular flexibility index (Phi) is 6.60. The van der Waals surface area contributed by atoms with E-state index in [0.29, 0.717) is 0 Å². The topological polar surface area (TPSA) is 47.6 Å². The van der Waals surface area contributed by atoms with E-state index >= 15 is 0 Å². The van der Waals surface area contributed by atoms with Gasteiger partial charge in [0.2, 0.25) is 0 Å². The van der Waals surface area contributed by atoms with Crippen LogP contribution in [0.15, 0.2) is 133 Å². The summed E-state index contributed by atoms with van der Waals surface area (Å²) in [5.74, 6) is 0. The van der Waals surface area contributed by atoms with Crippen molar-refractivity contribution in [3.63, 3.8) is 0 Å². The van der Waals surface area contributed by atoms with Crippen LogP contribution in [-0.2, 0) is 0 Å². The minimum absolute atomic E-state index is 0.844. The summed E-state index contributed by atoms with van der Waals surface area (Å²) in [5, 5.41) is 20.6. The summed E-state index contributed by atoms with van der Waals surface area (Å²) in [6, 6.07) is 44.1. The molecule has 0 unspecified atom stereocenters. The zero-order chi connectivity index (χ0) is 22.9. The summed E-state index contributed by atoms with van der Waals surface area (Å²) in [4.78, 5) is 0. The van der Waals surface area contributed by atoms with Crippen molar-refractivity contribution in [2.75, 3.05) is 0 Å². The molecule has 0 bridgehead atoms. The molecule has 0 fully saturated rings. The largest absolute Gasteiger partial charge is 0.196 e. The molecular formula is C31H22N2. The van der Waals surface area contributed by atoms with Crippen molar-refractivity contribution in [3.8, 4) is 12.1 Å². The number of hydrogen-bond donors (Lipinski definition) is 0. The second-order valence-corrected chi connectivity index (χ2v) is 7.67. The molecular weight excluding hydrogens is 400 g/mol. The molecule has 0 aliphatic rings. The molecule has 0 N–H and O–H groups in total. The van der Waals surface area contributed by atoms with Crippen LogP contribution in [0.3, 0.4) is 0 Å². The van der Waals surface area contributed by atoms with Gasteiger partial charge in [-0.3, -0.25) is 0 Å². The quantitative estimate of drug-likeness (QED) is 0.328. The lowest BCUT2D eigenvalue weighted by Crippen LogP contribution is -2.12. The summed E-state index contributed by atoms with van der Waals surface area (Å²) in [6.45, 7) is 0. The SMILES string of the molecule is N#CC(C#N)(C=C(c1ccccc1)c1ccccc1)C=C(c1ccccc1)c1ccccc1. The normalized spacial score (nSPS) is 10.4. The zero-order valence-electron chi connectivity index (χ0n) is 18.1. The lowest BCUT2D eigenvalue weighted by molar-refractivity contribution is 0.861. The Balaban J connectivity index is 1.96. The first-order valence-corrected chi connectivity index (χ1v) is 10.7. The van der Waals surface area contributed by atoms with Gasteiger partial charge in [-0.25, -0.2) is 0 Å². The van der Waals surface area contributed by atoms with Crippen molar-refractivity contribution in [3.05, 3.63) is 156 Å². The van der Waals surface area contributed by atoms with E-state index in [1.165, 1.54) is 0 Å². The Morgan fingerprint density at radius 2 is 0.697 bits per heavy atom. The lowest BCUT2D eigenvalue weighted by atomic mass is 9.81. The highest BCUT2D eigenvalue weighted by molar-refractivity contribution is 5.84. The standard InChI is InChI=1S/C31H22N2/c32-23-31(24-33,21-29(25-13-5-1-6-14-25)26-15-7-2-8-16-26)22-30(27-17-9-3-10-18-27)28-19-11-4-12-20-28/h1-22H. The lowest BCUT2D eigenvalue weighted by Gasteiger charge is -2.18. The third kappa shape index (κ3) is 4.99. The van der Waals surface area contributed by atoms with Gasteiger partial charge in [0.25, 0.3) is 0 Å². The van der Waals surface area contributed by atoms with Crippen LogP contribution in [0.4, 0.5) is 0 Å². The fourth-order valence-corrected chi connectivity index (χ4v) is 3.79. The summed E-state index contributed by atoms with van der Waals surface area (Å²) in [6.07, 6.45) is 3.56. The maximum atomic E-state index is 10.3. The van der Waals surface area contributed by atoms with Gasteiger partial charge >= 0.3 is 0 Å². The van der Waals surface area contributed by atoms with Gasteiger partial charge < -0.3 is 0 Å². The van der Waals surface area contributed by atoms with Crippen molar-refractivity contribution < 1.29 is 0 Å². The first-order chi connectivity index (χ1) is 16.2. The van der Waals surface area contributed by atoms with Crippen LogP contribution in [0, 0.1) is 28.1 Å². The Morgan fingerprint density at radius 3 is 0.909 bits per heavy atom. The number of benzene rings is 4. The molecule has 156 valence electrons. The molecule has 0 aromatic heterocycles. The molecule has 4 aromatic carbocycles. The molecule has 0 aliphatic heterocycles. The van der Waals surface area contributed by atoms with Crippen molar-refractivity contribution in [1.82, 2.24) is 0 Å². The van der Waals surface area contributed by atoms with Gasteiger partial charge in [-0.1, -0.05) is 121 Å². The summed E-state index contributed by atoms with van der Waals surface area (Å²) >= 11 is 0. The van der Waals surface area contributed by atoms with Crippen LogP contribution in [0.5, 0.6) is 0 Å². The fourth-order valence-electron chi connectivity index (χ4n) is 3.79. The first kappa shape index (κ1) is 21.6. The summed E-state index contributed by atoms with van der Waals surface area (Å²) in [5.41, 5.74) is 4.02. The number of hydrogen-bond acceptors (Lipinski definition) is 2. The van der Waals surface area contributed by atoms with Crippen LogP contribution >= 0.6 is 0 Å². The molecule has 0 heterocycles. The van der Waals surface area contributed by atoms with E-state index in [2.05, 4.69) is 12.1 Å². The predicted octanol–water partition coefficient (Wildman–Crippen LogP) is 7.28. The Labute approximate surface area is 195 Å². The maximum Gasteiger partial charge on any atom is 0.181 e. The highest BCUT2D eigenvalue weighted by Gasteiger charge is 2.28. The summed E-state index contributed by atoms with van der Waals surface area (Å²) in [7, 11) is 0. The van der Waals surface area contributed by atoms with E-state index in [1.807, 2.05) is 121 Å². The van der Waals surface area contributed by atoms with Gasteiger partial charge in [0.05, 0.1) is 12.1 Å². The minimum Gasteiger partial charge on any atom is -0.196 e. The third-order valence-electron chi connectivity index (χ3n) is 5.45. The second kappa shape index (κ2) is 10.1. The average Bonchev–Trinajstić information content (AvgIpc) is 2.91. The van der Waals surface area contributed by atoms with Crippen molar-refractivity contribution in [1.29, 1.82) is 10.5 Å². The Morgan fingerprint density at radius 1 is 0.455 bits per heavy atom. The van der Waals surface area contributed by atoms with Crippen LogP contribution < -0.4 is 0 Å². The first-order valence-electron chi connectivity index (χ1n) is 10.7. The molecule has 0 saturated carbocycles. The number of nitriles is 2. The maximum absolute atomic E-state index is 10.3. The van der Waals surface area contributed by atoms with Gasteiger partial charge in [0.1, 0.15) is 0 Å². The minimum atomic E-state index is -1.47. The third-order valence-corrected chi connectivity index (χ3v) is 5.45. The van der Waals surface area contributed by atoms with Crippen molar-refractivity contribution in [2.45, 2.75) is 0 Å². The van der Waals surface area contributed by atoms with Crippen LogP contribution in [-0.4, -0.2) is 0 Å². The van der Waals surface area contributed by atoms with Gasteiger partial charge in [-0.15, -0.1) is 0 Å². The number of nitrogens with zero attached hydrogens (tertiary/aromatic N) is 2. The molecule has 4 aromatic rings. The van der Waals surface area contributed by atoms with Gasteiger partial charge in [-0.2, -0.15) is 10.5 Å².